The number of ether oxygens (including phenoxy) is 5. The number of aromatic nitrogens is 1. The molecule has 1 unspecified atom stereocenters. The summed E-state index contributed by atoms with van der Waals surface area (Å²) in [6, 6.07) is 16.3. The molecule has 0 fully saturated rings. The van der Waals surface area contributed by atoms with Gasteiger partial charge in [0.1, 0.15) is 17.8 Å². The Morgan fingerprint density at radius 3 is 2.46 bits per heavy atom. The standard InChI is InChI=1S/C28H34N2O5/c1-19-25(35-17-20-9-7-6-8-10-20)15-26(29-16-21(32-3)18-31-2)30-14-13-23-22(27(19)30)11-12-24(33-4)28(23)34-5/h6-12,15,21H,13-14,16-18H2,1-5H3. The van der Waals surface area contributed by atoms with Crippen LogP contribution >= 0.6 is 0 Å². The van der Waals surface area contributed by atoms with Gasteiger partial charge >= 0.3 is 0 Å². The summed E-state index contributed by atoms with van der Waals surface area (Å²) in [6.07, 6.45) is 0.692. The molecular formula is C28H34N2O5. The Labute approximate surface area is 206 Å². The Morgan fingerprint density at radius 1 is 0.971 bits per heavy atom. The molecule has 0 aliphatic carbocycles. The molecule has 7 nitrogen and oxygen atoms in total. The summed E-state index contributed by atoms with van der Waals surface area (Å²) < 4.78 is 30.7. The highest BCUT2D eigenvalue weighted by Crippen LogP contribution is 2.42. The number of pyridine rings is 1. The minimum absolute atomic E-state index is 0.119. The first-order chi connectivity index (χ1) is 17.1. The van der Waals surface area contributed by atoms with Gasteiger partial charge in [-0.25, -0.2) is 0 Å². The minimum Gasteiger partial charge on any atom is -0.493 e. The van der Waals surface area contributed by atoms with E-state index in [-0.39, 0.29) is 6.10 Å². The van der Waals surface area contributed by atoms with Crippen LogP contribution in [-0.4, -0.2) is 52.3 Å². The largest absolute Gasteiger partial charge is 0.493 e. The molecule has 0 saturated heterocycles. The fourth-order valence-electron chi connectivity index (χ4n) is 4.59. The maximum atomic E-state index is 6.34. The second kappa shape index (κ2) is 11.4. The third kappa shape index (κ3) is 5.21. The second-order valence-electron chi connectivity index (χ2n) is 8.50. The molecule has 0 N–H and O–H groups in total. The van der Waals surface area contributed by atoms with Crippen LogP contribution in [0.5, 0.6) is 17.2 Å². The first-order valence-corrected chi connectivity index (χ1v) is 11.8. The zero-order valence-electron chi connectivity index (χ0n) is 21.2. The molecule has 0 spiro atoms. The highest BCUT2D eigenvalue weighted by Gasteiger charge is 2.25. The van der Waals surface area contributed by atoms with Crippen molar-refractivity contribution < 1.29 is 23.7 Å². The van der Waals surface area contributed by atoms with Crippen molar-refractivity contribution in [2.45, 2.75) is 32.6 Å². The molecule has 3 aromatic rings. The van der Waals surface area contributed by atoms with Crippen LogP contribution in [0.3, 0.4) is 0 Å². The van der Waals surface area contributed by atoms with Crippen molar-refractivity contribution in [1.29, 1.82) is 0 Å². The Balaban J connectivity index is 1.84. The molecule has 1 atom stereocenters. The van der Waals surface area contributed by atoms with Gasteiger partial charge in [0, 0.05) is 43.5 Å². The summed E-state index contributed by atoms with van der Waals surface area (Å²) in [5.41, 5.74) is 6.35. The smallest absolute Gasteiger partial charge is 0.164 e. The zero-order valence-corrected chi connectivity index (χ0v) is 21.2. The monoisotopic (exact) mass is 478 g/mol. The van der Waals surface area contributed by atoms with Gasteiger partial charge in [0.25, 0.3) is 0 Å². The van der Waals surface area contributed by atoms with Gasteiger partial charge in [-0.05, 0) is 31.0 Å². The quantitative estimate of drug-likeness (QED) is 0.438. The van der Waals surface area contributed by atoms with E-state index in [0.717, 1.165) is 63.6 Å². The molecule has 2 aromatic carbocycles. The maximum absolute atomic E-state index is 6.34. The molecule has 1 aliphatic rings. The van der Waals surface area contributed by atoms with Gasteiger partial charge in [0.05, 0.1) is 39.2 Å². The first kappa shape index (κ1) is 24.8. The SMILES string of the molecule is COCC(CN=c1cc(OCc2ccccc2)c(C)c2n1CCc1c-2ccc(OC)c1OC)OC. The van der Waals surface area contributed by atoms with Gasteiger partial charge in [0.2, 0.25) is 0 Å². The average Bonchev–Trinajstić information content (AvgIpc) is 2.90. The fraction of sp³-hybridized carbons (Fsp3) is 0.393. The summed E-state index contributed by atoms with van der Waals surface area (Å²) in [5.74, 6) is 2.33. The van der Waals surface area contributed by atoms with Crippen LogP contribution in [0, 0.1) is 6.92 Å². The second-order valence-corrected chi connectivity index (χ2v) is 8.50. The molecule has 1 aromatic heterocycles. The predicted molar refractivity (Wildman–Crippen MR) is 135 cm³/mol. The van der Waals surface area contributed by atoms with Crippen molar-refractivity contribution in [3.05, 3.63) is 70.7 Å². The molecule has 4 rings (SSSR count). The first-order valence-electron chi connectivity index (χ1n) is 11.8. The van der Waals surface area contributed by atoms with Gasteiger partial charge in [-0.1, -0.05) is 30.3 Å². The van der Waals surface area contributed by atoms with Crippen molar-refractivity contribution in [2.24, 2.45) is 4.99 Å². The van der Waals surface area contributed by atoms with E-state index in [4.69, 9.17) is 28.7 Å². The van der Waals surface area contributed by atoms with E-state index in [1.807, 2.05) is 30.3 Å². The van der Waals surface area contributed by atoms with Crippen LogP contribution in [0.2, 0.25) is 0 Å². The maximum Gasteiger partial charge on any atom is 0.164 e. The molecule has 2 heterocycles. The van der Waals surface area contributed by atoms with Gasteiger partial charge in [-0.2, -0.15) is 0 Å². The molecule has 186 valence electrons. The van der Waals surface area contributed by atoms with Crippen LogP contribution in [0.1, 0.15) is 16.7 Å². The lowest BCUT2D eigenvalue weighted by molar-refractivity contribution is 0.0338. The van der Waals surface area contributed by atoms with Gasteiger partial charge in [0.15, 0.2) is 11.5 Å². The normalized spacial score (nSPS) is 13.7. The summed E-state index contributed by atoms with van der Waals surface area (Å²) in [7, 11) is 6.71. The number of rotatable bonds is 10. The van der Waals surface area contributed by atoms with Crippen LogP contribution in [-0.2, 0) is 29.0 Å². The van der Waals surface area contributed by atoms with Gasteiger partial charge in [-0.3, -0.25) is 4.99 Å². The summed E-state index contributed by atoms with van der Waals surface area (Å²) in [5, 5.41) is 0. The Morgan fingerprint density at radius 2 is 1.77 bits per heavy atom. The predicted octanol–water partition coefficient (Wildman–Crippen LogP) is 4.18. The molecule has 7 heteroatoms. The third-order valence-electron chi connectivity index (χ3n) is 6.40. The molecule has 0 bridgehead atoms. The summed E-state index contributed by atoms with van der Waals surface area (Å²) >= 11 is 0. The highest BCUT2D eigenvalue weighted by molar-refractivity contribution is 5.75. The number of nitrogens with zero attached hydrogens (tertiary/aromatic N) is 2. The van der Waals surface area contributed by atoms with Crippen molar-refractivity contribution in [3.8, 4) is 28.5 Å². The lowest BCUT2D eigenvalue weighted by Crippen LogP contribution is -2.30. The number of hydrogen-bond acceptors (Lipinski definition) is 6. The van der Waals surface area contributed by atoms with E-state index in [2.05, 4.69) is 29.7 Å². The van der Waals surface area contributed by atoms with E-state index < -0.39 is 0 Å². The van der Waals surface area contributed by atoms with E-state index in [0.29, 0.717) is 19.8 Å². The number of hydrogen-bond donors (Lipinski definition) is 0. The molecule has 0 saturated carbocycles. The average molecular weight is 479 g/mol. The zero-order chi connectivity index (χ0) is 24.8. The van der Waals surface area contributed by atoms with E-state index in [9.17, 15) is 0 Å². The van der Waals surface area contributed by atoms with Gasteiger partial charge in [-0.15, -0.1) is 0 Å². The molecule has 0 radical (unpaired) electrons. The summed E-state index contributed by atoms with van der Waals surface area (Å²) in [6.45, 7) is 4.32. The van der Waals surface area contributed by atoms with Crippen LogP contribution in [0.4, 0.5) is 0 Å². The van der Waals surface area contributed by atoms with Crippen molar-refractivity contribution in [2.75, 3.05) is 41.6 Å². The molecule has 35 heavy (non-hydrogen) atoms. The Bertz CT molecular complexity index is 1220. The molecule has 0 amide bonds. The number of benzene rings is 2. The fourth-order valence-corrected chi connectivity index (χ4v) is 4.59. The van der Waals surface area contributed by atoms with E-state index in [1.165, 1.54) is 0 Å². The minimum atomic E-state index is -0.119. The number of fused-ring (bicyclic) bond motifs is 3. The van der Waals surface area contributed by atoms with Crippen molar-refractivity contribution in [3.63, 3.8) is 0 Å². The van der Waals surface area contributed by atoms with Crippen molar-refractivity contribution in [1.82, 2.24) is 4.57 Å². The van der Waals surface area contributed by atoms with Crippen LogP contribution < -0.4 is 19.7 Å². The highest BCUT2D eigenvalue weighted by atomic mass is 16.5. The Hall–Kier alpha value is -3.29. The number of methoxy groups -OCH3 is 4. The van der Waals surface area contributed by atoms with E-state index >= 15 is 0 Å². The van der Waals surface area contributed by atoms with Crippen molar-refractivity contribution >= 4 is 0 Å². The Kier molecular flexibility index (Phi) is 8.10. The third-order valence-corrected chi connectivity index (χ3v) is 6.40. The van der Waals surface area contributed by atoms with Gasteiger partial charge < -0.3 is 28.3 Å². The molecular weight excluding hydrogens is 444 g/mol. The molecule has 1 aliphatic heterocycles. The topological polar surface area (TPSA) is 63.4 Å². The van der Waals surface area contributed by atoms with Crippen LogP contribution in [0.25, 0.3) is 11.3 Å². The summed E-state index contributed by atoms with van der Waals surface area (Å²) in [4.78, 5) is 4.94. The van der Waals surface area contributed by atoms with Crippen LogP contribution in [0.15, 0.2) is 53.5 Å². The lowest BCUT2D eigenvalue weighted by Gasteiger charge is -2.28. The lowest BCUT2D eigenvalue weighted by atomic mass is 9.93. The van der Waals surface area contributed by atoms with E-state index in [1.54, 1.807) is 28.4 Å².